The van der Waals surface area contributed by atoms with Crippen molar-refractivity contribution in [1.29, 1.82) is 0 Å². The second kappa shape index (κ2) is 4.30. The largest absolute Gasteiger partial charge is 0.274 e. The van der Waals surface area contributed by atoms with Crippen molar-refractivity contribution in [2.45, 2.75) is 6.92 Å². The first-order chi connectivity index (χ1) is 6.20. The summed E-state index contributed by atoms with van der Waals surface area (Å²) in [6.45, 7) is 1.32. The van der Waals surface area contributed by atoms with Crippen LogP contribution in [0.15, 0.2) is 23.4 Å². The number of hydrogen-bond donors (Lipinski definition) is 1. The Bertz CT molecular complexity index is 338. The molecule has 5 heteroatoms. The maximum Gasteiger partial charge on any atom is 0.236 e. The molecule has 1 aromatic heterocycles. The number of nitrogens with zero attached hydrogens (tertiary/aromatic N) is 2. The third-order valence-electron chi connectivity index (χ3n) is 1.21. The zero-order valence-corrected chi connectivity index (χ0v) is 6.99. The number of nitrogens with one attached hydrogen (secondary N) is 1. The minimum Gasteiger partial charge on any atom is -0.274 e. The molecule has 0 unspecified atom stereocenters. The fourth-order valence-electron chi connectivity index (χ4n) is 0.687. The number of carbonyl (C=O) groups excluding carboxylic acids is 1. The van der Waals surface area contributed by atoms with Crippen molar-refractivity contribution < 1.29 is 9.18 Å². The van der Waals surface area contributed by atoms with E-state index in [4.69, 9.17) is 0 Å². The first kappa shape index (κ1) is 9.31. The van der Waals surface area contributed by atoms with Crippen LogP contribution in [0.1, 0.15) is 12.5 Å². The van der Waals surface area contributed by atoms with E-state index in [1.54, 1.807) is 6.07 Å². The highest BCUT2D eigenvalue weighted by atomic mass is 19.1. The van der Waals surface area contributed by atoms with Gasteiger partial charge in [0.05, 0.1) is 6.21 Å². The quantitative estimate of drug-likeness (QED) is 0.414. The highest BCUT2D eigenvalue weighted by Crippen LogP contribution is 1.98. The third-order valence-corrected chi connectivity index (χ3v) is 1.21. The van der Waals surface area contributed by atoms with Crippen molar-refractivity contribution in [3.63, 3.8) is 0 Å². The fraction of sp³-hybridized carbons (Fsp3) is 0.125. The molecule has 13 heavy (non-hydrogen) atoms. The molecule has 0 radical (unpaired) electrons. The average molecular weight is 181 g/mol. The molecule has 68 valence electrons. The predicted molar refractivity (Wildman–Crippen MR) is 45.6 cm³/mol. The van der Waals surface area contributed by atoms with Crippen LogP contribution in [0.25, 0.3) is 0 Å². The van der Waals surface area contributed by atoms with Gasteiger partial charge in [0, 0.05) is 18.7 Å². The molecule has 0 aliphatic heterocycles. The first-order valence-electron chi connectivity index (χ1n) is 3.60. The van der Waals surface area contributed by atoms with Gasteiger partial charge in [-0.05, 0) is 12.1 Å². The van der Waals surface area contributed by atoms with Crippen LogP contribution < -0.4 is 5.43 Å². The Balaban J connectivity index is 2.68. The van der Waals surface area contributed by atoms with Gasteiger partial charge >= 0.3 is 0 Å². The molecule has 0 atom stereocenters. The van der Waals surface area contributed by atoms with Crippen LogP contribution in [0.5, 0.6) is 0 Å². The lowest BCUT2D eigenvalue weighted by Crippen LogP contribution is -2.12. The fourth-order valence-corrected chi connectivity index (χ4v) is 0.687. The number of amides is 1. The highest BCUT2D eigenvalue weighted by molar-refractivity contribution is 5.81. The van der Waals surface area contributed by atoms with Crippen molar-refractivity contribution in [3.05, 3.63) is 29.8 Å². The Labute approximate surface area is 74.5 Å². The van der Waals surface area contributed by atoms with E-state index < -0.39 is 5.95 Å². The second-order valence-corrected chi connectivity index (χ2v) is 2.31. The molecule has 0 aliphatic carbocycles. The smallest absolute Gasteiger partial charge is 0.236 e. The van der Waals surface area contributed by atoms with E-state index in [1.807, 2.05) is 0 Å². The molecule has 0 fully saturated rings. The monoisotopic (exact) mass is 181 g/mol. The van der Waals surface area contributed by atoms with Crippen LogP contribution in [0.3, 0.4) is 0 Å². The number of hydrazone groups is 1. The van der Waals surface area contributed by atoms with E-state index >= 15 is 0 Å². The SMILES string of the molecule is CC(=O)N/N=C\c1cccnc1F. The van der Waals surface area contributed by atoms with E-state index in [2.05, 4.69) is 15.5 Å². The van der Waals surface area contributed by atoms with E-state index in [0.29, 0.717) is 0 Å². The molecule has 0 spiro atoms. The second-order valence-electron chi connectivity index (χ2n) is 2.31. The van der Waals surface area contributed by atoms with E-state index in [9.17, 15) is 9.18 Å². The van der Waals surface area contributed by atoms with Crippen LogP contribution in [-0.2, 0) is 4.79 Å². The third kappa shape index (κ3) is 2.98. The molecule has 0 bridgehead atoms. The molecule has 0 aromatic carbocycles. The van der Waals surface area contributed by atoms with Gasteiger partial charge in [0.1, 0.15) is 0 Å². The summed E-state index contributed by atoms with van der Waals surface area (Å²) in [6, 6.07) is 3.09. The lowest BCUT2D eigenvalue weighted by molar-refractivity contribution is -0.118. The predicted octanol–water partition coefficient (Wildman–Crippen LogP) is 0.691. The lowest BCUT2D eigenvalue weighted by atomic mass is 10.3. The number of hydrogen-bond acceptors (Lipinski definition) is 3. The lowest BCUT2D eigenvalue weighted by Gasteiger charge is -1.93. The molecule has 4 nitrogen and oxygen atoms in total. The average Bonchev–Trinajstić information content (AvgIpc) is 2.08. The summed E-state index contributed by atoms with van der Waals surface area (Å²) in [5.74, 6) is -0.919. The molecular formula is C8H8FN3O. The number of carbonyl (C=O) groups is 1. The Kier molecular flexibility index (Phi) is 3.08. The van der Waals surface area contributed by atoms with Crippen molar-refractivity contribution >= 4 is 12.1 Å². The summed E-state index contributed by atoms with van der Waals surface area (Å²) in [4.78, 5) is 13.8. The summed E-state index contributed by atoms with van der Waals surface area (Å²) >= 11 is 0. The molecule has 1 amide bonds. The number of rotatable bonds is 2. The number of pyridine rings is 1. The Hall–Kier alpha value is -1.78. The standard InChI is InChI=1S/C8H8FN3O/c1-6(13)12-11-5-7-3-2-4-10-8(7)9/h2-5H,1H3,(H,12,13)/b11-5-. The molecule has 1 N–H and O–H groups in total. The highest BCUT2D eigenvalue weighted by Gasteiger charge is 1.96. The summed E-state index contributed by atoms with van der Waals surface area (Å²) < 4.78 is 12.8. The normalized spacial score (nSPS) is 10.3. The topological polar surface area (TPSA) is 54.4 Å². The zero-order valence-electron chi connectivity index (χ0n) is 6.99. The van der Waals surface area contributed by atoms with Gasteiger partial charge in [-0.1, -0.05) is 0 Å². The van der Waals surface area contributed by atoms with Gasteiger partial charge in [-0.25, -0.2) is 10.4 Å². The Morgan fingerprint density at radius 3 is 3.15 bits per heavy atom. The van der Waals surface area contributed by atoms with Crippen molar-refractivity contribution in [2.24, 2.45) is 5.10 Å². The maximum absolute atomic E-state index is 12.8. The molecule has 0 saturated heterocycles. The Morgan fingerprint density at radius 2 is 2.54 bits per heavy atom. The van der Waals surface area contributed by atoms with Crippen LogP contribution in [0.2, 0.25) is 0 Å². The summed E-state index contributed by atoms with van der Waals surface area (Å²) in [5.41, 5.74) is 2.39. The van der Waals surface area contributed by atoms with Gasteiger partial charge in [0.2, 0.25) is 11.9 Å². The van der Waals surface area contributed by atoms with Gasteiger partial charge in [-0.2, -0.15) is 9.49 Å². The first-order valence-corrected chi connectivity index (χ1v) is 3.60. The van der Waals surface area contributed by atoms with Crippen LogP contribution >= 0.6 is 0 Å². The summed E-state index contributed by atoms with van der Waals surface area (Å²) in [5, 5.41) is 3.50. The van der Waals surface area contributed by atoms with Crippen LogP contribution in [0.4, 0.5) is 4.39 Å². The van der Waals surface area contributed by atoms with Crippen molar-refractivity contribution in [1.82, 2.24) is 10.4 Å². The van der Waals surface area contributed by atoms with Crippen LogP contribution in [0, 0.1) is 5.95 Å². The minimum absolute atomic E-state index is 0.233. The molecule has 1 rings (SSSR count). The van der Waals surface area contributed by atoms with E-state index in [-0.39, 0.29) is 11.5 Å². The van der Waals surface area contributed by atoms with E-state index in [0.717, 1.165) is 0 Å². The van der Waals surface area contributed by atoms with E-state index in [1.165, 1.54) is 25.4 Å². The van der Waals surface area contributed by atoms with Gasteiger partial charge < -0.3 is 0 Å². The zero-order chi connectivity index (χ0) is 9.68. The summed E-state index contributed by atoms with van der Waals surface area (Å²) in [7, 11) is 0. The molecule has 0 aliphatic rings. The van der Waals surface area contributed by atoms with Crippen molar-refractivity contribution in [3.8, 4) is 0 Å². The van der Waals surface area contributed by atoms with Crippen molar-refractivity contribution in [2.75, 3.05) is 0 Å². The molecular weight excluding hydrogens is 173 g/mol. The van der Waals surface area contributed by atoms with Gasteiger partial charge in [0.15, 0.2) is 0 Å². The van der Waals surface area contributed by atoms with Crippen LogP contribution in [-0.4, -0.2) is 17.1 Å². The van der Waals surface area contributed by atoms with Gasteiger partial charge in [-0.15, -0.1) is 0 Å². The van der Waals surface area contributed by atoms with Gasteiger partial charge in [-0.3, -0.25) is 4.79 Å². The van der Waals surface area contributed by atoms with Gasteiger partial charge in [0.25, 0.3) is 0 Å². The number of halogens is 1. The molecule has 0 saturated carbocycles. The minimum atomic E-state index is -0.614. The maximum atomic E-state index is 12.8. The number of aromatic nitrogens is 1. The molecule has 1 heterocycles. The Morgan fingerprint density at radius 1 is 1.77 bits per heavy atom. The summed E-state index contributed by atoms with van der Waals surface area (Å²) in [6.07, 6.45) is 2.54. The molecule has 1 aromatic rings.